The number of nitrogens with two attached hydrogens (primary N) is 1. The second kappa shape index (κ2) is 9.51. The number of amides is 1. The minimum absolute atomic E-state index is 0.0924. The van der Waals surface area contributed by atoms with Crippen LogP contribution in [0.4, 0.5) is 0 Å². The average molecular weight is 496 g/mol. The molecule has 2 N–H and O–H groups in total. The summed E-state index contributed by atoms with van der Waals surface area (Å²) in [6.45, 7) is 0.834. The van der Waals surface area contributed by atoms with Gasteiger partial charge < -0.3 is 19.8 Å². The fourth-order valence-corrected chi connectivity index (χ4v) is 4.72. The Morgan fingerprint density at radius 2 is 1.92 bits per heavy atom. The molecule has 0 saturated carbocycles. The summed E-state index contributed by atoms with van der Waals surface area (Å²) in [5, 5.41) is 5.82. The maximum Gasteiger partial charge on any atom is 0.320 e. The lowest BCUT2D eigenvalue weighted by molar-refractivity contribution is -0.149. The number of carbonyl (C=O) groups is 2. The Labute approximate surface area is 212 Å². The van der Waals surface area contributed by atoms with E-state index in [1.807, 2.05) is 54.6 Å². The Kier molecular flexibility index (Phi) is 5.90. The summed E-state index contributed by atoms with van der Waals surface area (Å²) in [7, 11) is 0. The summed E-state index contributed by atoms with van der Waals surface area (Å²) in [5.41, 5.74) is 9.81. The molecule has 0 radical (unpaired) electrons. The van der Waals surface area contributed by atoms with Gasteiger partial charge in [0.05, 0.1) is 25.0 Å². The van der Waals surface area contributed by atoms with Crippen LogP contribution in [0.2, 0.25) is 0 Å². The van der Waals surface area contributed by atoms with Crippen molar-refractivity contribution in [2.75, 3.05) is 19.6 Å². The topological polar surface area (TPSA) is 116 Å². The summed E-state index contributed by atoms with van der Waals surface area (Å²) < 4.78 is 13.1. The second-order valence-electron chi connectivity index (χ2n) is 9.07. The number of rotatable bonds is 5. The number of piperidine rings is 1. The molecular weight excluding hydrogens is 470 g/mol. The fraction of sp³-hybridized carbons (Fsp3) is 0.214. The lowest BCUT2D eigenvalue weighted by Crippen LogP contribution is -2.44. The van der Waals surface area contributed by atoms with Gasteiger partial charge in [-0.1, -0.05) is 30.3 Å². The highest BCUT2D eigenvalue weighted by molar-refractivity contribution is 5.94. The Bertz CT molecular complexity index is 1570. The second-order valence-corrected chi connectivity index (χ2v) is 9.07. The number of fused-ring (bicyclic) bond motifs is 2. The van der Waals surface area contributed by atoms with Gasteiger partial charge in [0.2, 0.25) is 0 Å². The quantitative estimate of drug-likeness (QED) is 0.368. The summed E-state index contributed by atoms with van der Waals surface area (Å²) >= 11 is 0. The van der Waals surface area contributed by atoms with Gasteiger partial charge >= 0.3 is 5.97 Å². The van der Waals surface area contributed by atoms with Gasteiger partial charge in [-0.15, -0.1) is 0 Å². The van der Waals surface area contributed by atoms with Crippen LogP contribution in [0.25, 0.3) is 39.3 Å². The first-order chi connectivity index (χ1) is 18.1. The lowest BCUT2D eigenvalue weighted by Gasteiger charge is -2.32. The number of aromatic nitrogens is 3. The maximum absolute atomic E-state index is 13.1. The highest BCUT2D eigenvalue weighted by atomic mass is 16.5. The van der Waals surface area contributed by atoms with Crippen molar-refractivity contribution < 1.29 is 18.7 Å². The molecule has 0 aliphatic carbocycles. The molecule has 186 valence electrons. The van der Waals surface area contributed by atoms with Crippen LogP contribution in [0.15, 0.2) is 77.3 Å². The molecule has 0 bridgehead atoms. The maximum atomic E-state index is 13.1. The van der Waals surface area contributed by atoms with E-state index >= 15 is 0 Å². The largest absolute Gasteiger partial charge is 0.460 e. The van der Waals surface area contributed by atoms with Gasteiger partial charge in [-0.2, -0.15) is 5.10 Å². The van der Waals surface area contributed by atoms with Crippen LogP contribution in [-0.4, -0.2) is 57.1 Å². The third kappa shape index (κ3) is 4.45. The molecule has 1 aliphatic heterocycles. The van der Waals surface area contributed by atoms with E-state index in [1.165, 1.54) is 0 Å². The number of para-hydroxylation sites is 1. The SMILES string of the molecule is NCC(=O)O[C@H]1CCCN(C(=O)c2ccc(-c3ccc4ncc(-c5cc6ccccc6o5)n4n3)cc2)C1. The van der Waals surface area contributed by atoms with Crippen molar-refractivity contribution in [2.45, 2.75) is 18.9 Å². The number of imidazole rings is 1. The van der Waals surface area contributed by atoms with E-state index < -0.39 is 5.97 Å². The summed E-state index contributed by atoms with van der Waals surface area (Å²) in [5.74, 6) is 0.149. The van der Waals surface area contributed by atoms with E-state index in [9.17, 15) is 9.59 Å². The van der Waals surface area contributed by atoms with E-state index in [1.54, 1.807) is 27.7 Å². The zero-order valence-electron chi connectivity index (χ0n) is 20.0. The standard InChI is InChI=1S/C28H25N5O4/c29-15-27(34)36-21-5-3-13-32(17-21)28(35)19-9-7-18(8-10-19)22-11-12-26-30-16-23(33(26)31-22)25-14-20-4-1-2-6-24(20)37-25/h1-2,4,6-12,14,16,21H,3,5,13,15,17,29H2/t21-/m0/s1. The molecule has 1 fully saturated rings. The molecule has 1 saturated heterocycles. The normalized spacial score (nSPS) is 15.8. The smallest absolute Gasteiger partial charge is 0.320 e. The monoisotopic (exact) mass is 495 g/mol. The van der Waals surface area contributed by atoms with Gasteiger partial charge in [0.1, 0.15) is 17.4 Å². The predicted octanol–water partition coefficient (Wildman–Crippen LogP) is 3.92. The highest BCUT2D eigenvalue weighted by Gasteiger charge is 2.26. The van der Waals surface area contributed by atoms with E-state index in [0.717, 1.165) is 40.8 Å². The molecule has 1 amide bonds. The summed E-state index contributed by atoms with van der Waals surface area (Å²) in [6, 6.07) is 21.0. The van der Waals surface area contributed by atoms with Crippen molar-refractivity contribution in [1.29, 1.82) is 0 Å². The molecule has 9 nitrogen and oxygen atoms in total. The van der Waals surface area contributed by atoms with Crippen molar-refractivity contribution in [3.8, 4) is 22.7 Å². The minimum atomic E-state index is -0.450. The summed E-state index contributed by atoms with van der Waals surface area (Å²) in [6.07, 6.45) is 2.93. The van der Waals surface area contributed by atoms with Crippen LogP contribution in [0.1, 0.15) is 23.2 Å². The molecule has 2 aromatic carbocycles. The van der Waals surface area contributed by atoms with Crippen molar-refractivity contribution in [3.63, 3.8) is 0 Å². The molecule has 0 unspecified atom stereocenters. The third-order valence-electron chi connectivity index (χ3n) is 6.60. The van der Waals surface area contributed by atoms with Crippen LogP contribution in [-0.2, 0) is 9.53 Å². The van der Waals surface area contributed by atoms with Crippen molar-refractivity contribution in [3.05, 3.63) is 78.5 Å². The van der Waals surface area contributed by atoms with Gasteiger partial charge in [0.15, 0.2) is 11.4 Å². The first-order valence-corrected chi connectivity index (χ1v) is 12.2. The zero-order valence-corrected chi connectivity index (χ0v) is 20.0. The number of benzene rings is 2. The molecule has 1 aliphatic rings. The molecule has 6 rings (SSSR count). The number of ether oxygens (including phenoxy) is 1. The number of likely N-dealkylation sites (tertiary alicyclic amines) is 1. The van der Waals surface area contributed by atoms with Crippen LogP contribution >= 0.6 is 0 Å². The highest BCUT2D eigenvalue weighted by Crippen LogP contribution is 2.29. The van der Waals surface area contributed by atoms with Crippen LogP contribution in [0.5, 0.6) is 0 Å². The van der Waals surface area contributed by atoms with Gasteiger partial charge in [0, 0.05) is 23.1 Å². The fourth-order valence-electron chi connectivity index (χ4n) is 4.72. The number of esters is 1. The molecule has 37 heavy (non-hydrogen) atoms. The Hall–Kier alpha value is -4.50. The van der Waals surface area contributed by atoms with Gasteiger partial charge in [-0.25, -0.2) is 9.50 Å². The van der Waals surface area contributed by atoms with E-state index in [2.05, 4.69) is 4.98 Å². The van der Waals surface area contributed by atoms with Crippen molar-refractivity contribution in [1.82, 2.24) is 19.5 Å². The first kappa shape index (κ1) is 22.9. The number of hydrogen-bond acceptors (Lipinski definition) is 7. The van der Waals surface area contributed by atoms with Crippen LogP contribution in [0.3, 0.4) is 0 Å². The van der Waals surface area contributed by atoms with E-state index in [4.69, 9.17) is 20.0 Å². The molecule has 5 aromatic rings. The Morgan fingerprint density at radius 3 is 2.73 bits per heavy atom. The Balaban J connectivity index is 1.23. The third-order valence-corrected chi connectivity index (χ3v) is 6.60. The zero-order chi connectivity index (χ0) is 25.4. The minimum Gasteiger partial charge on any atom is -0.460 e. The Morgan fingerprint density at radius 1 is 1.08 bits per heavy atom. The molecule has 9 heteroatoms. The van der Waals surface area contributed by atoms with Gasteiger partial charge in [-0.3, -0.25) is 9.59 Å². The molecule has 0 spiro atoms. The molecule has 4 heterocycles. The first-order valence-electron chi connectivity index (χ1n) is 12.2. The van der Waals surface area contributed by atoms with E-state index in [0.29, 0.717) is 30.1 Å². The van der Waals surface area contributed by atoms with Crippen molar-refractivity contribution in [2.24, 2.45) is 5.73 Å². The van der Waals surface area contributed by atoms with Gasteiger partial charge in [0.25, 0.3) is 5.91 Å². The predicted molar refractivity (Wildman–Crippen MR) is 138 cm³/mol. The number of nitrogens with zero attached hydrogens (tertiary/aromatic N) is 4. The molecule has 3 aromatic heterocycles. The molecule has 1 atom stereocenters. The lowest BCUT2D eigenvalue weighted by atomic mass is 10.0. The van der Waals surface area contributed by atoms with Crippen LogP contribution < -0.4 is 5.73 Å². The number of hydrogen-bond donors (Lipinski definition) is 1. The molecular formula is C28H25N5O4. The van der Waals surface area contributed by atoms with Crippen molar-refractivity contribution >= 4 is 28.5 Å². The van der Waals surface area contributed by atoms with E-state index in [-0.39, 0.29) is 18.6 Å². The average Bonchev–Trinajstić information content (AvgIpc) is 3.56. The van der Waals surface area contributed by atoms with Crippen LogP contribution in [0, 0.1) is 0 Å². The number of furan rings is 1. The summed E-state index contributed by atoms with van der Waals surface area (Å²) in [4.78, 5) is 30.8. The van der Waals surface area contributed by atoms with Gasteiger partial charge in [-0.05, 0) is 49.2 Å². The number of carbonyl (C=O) groups excluding carboxylic acids is 2.